The average Bonchev–Trinajstić information content (AvgIpc) is 3.96. The number of benzene rings is 8. The third-order valence-corrected chi connectivity index (χ3v) is 12.6. The first-order valence-electron chi connectivity index (χ1n) is 19.4. The van der Waals surface area contributed by atoms with Crippen molar-refractivity contribution < 1.29 is 4.42 Å². The molecule has 0 aliphatic carbocycles. The van der Waals surface area contributed by atoms with Crippen LogP contribution in [0.2, 0.25) is 0 Å². The normalized spacial score (nSPS) is 15.9. The Morgan fingerprint density at radius 3 is 2.00 bits per heavy atom. The number of furan rings is 1. The van der Waals surface area contributed by atoms with E-state index in [0.717, 1.165) is 50.2 Å². The molecule has 1 aliphatic heterocycles. The van der Waals surface area contributed by atoms with E-state index in [9.17, 15) is 0 Å². The molecular formula is C51H34N4OS. The van der Waals surface area contributed by atoms with Gasteiger partial charge in [-0.1, -0.05) is 133 Å². The zero-order valence-corrected chi connectivity index (χ0v) is 31.5. The Labute approximate surface area is 332 Å². The summed E-state index contributed by atoms with van der Waals surface area (Å²) >= 11 is 1.85. The van der Waals surface area contributed by atoms with E-state index in [4.69, 9.17) is 9.41 Å². The summed E-state index contributed by atoms with van der Waals surface area (Å²) in [4.78, 5) is 5.19. The number of aliphatic imine (C=N–C) groups is 1. The Kier molecular flexibility index (Phi) is 7.24. The minimum atomic E-state index is -0.279. The summed E-state index contributed by atoms with van der Waals surface area (Å²) in [6.07, 6.45) is -0.392. The number of nitrogens with one attached hydrogen (secondary N) is 2. The minimum absolute atomic E-state index is 0.113. The van der Waals surface area contributed by atoms with Gasteiger partial charge in [-0.2, -0.15) is 0 Å². The Morgan fingerprint density at radius 1 is 0.509 bits per heavy atom. The molecule has 6 heteroatoms. The molecular weight excluding hydrogens is 717 g/mol. The van der Waals surface area contributed by atoms with Crippen molar-refractivity contribution in [2.45, 2.75) is 12.3 Å². The predicted molar refractivity (Wildman–Crippen MR) is 238 cm³/mol. The van der Waals surface area contributed by atoms with Crippen molar-refractivity contribution in [3.8, 4) is 16.8 Å². The first-order chi connectivity index (χ1) is 28.2. The van der Waals surface area contributed by atoms with Crippen LogP contribution in [0.3, 0.4) is 0 Å². The lowest BCUT2D eigenvalue weighted by Gasteiger charge is -2.32. The maximum Gasteiger partial charge on any atom is 0.136 e. The number of amidine groups is 1. The highest BCUT2D eigenvalue weighted by molar-refractivity contribution is 7.26. The Hall–Kier alpha value is -6.99. The van der Waals surface area contributed by atoms with Gasteiger partial charge >= 0.3 is 0 Å². The lowest BCUT2D eigenvalue weighted by atomic mass is 9.95. The molecule has 2 N–H and O–H groups in total. The third-order valence-electron chi connectivity index (χ3n) is 11.5. The standard InChI is InChI=1S/C51H34N4OS/c1-3-13-31(14-4-1)49-52-50(32-15-5-2-6-16-32)54-51(53-49)33-25-27-39-44(29-33)56-43-23-11-19-37(47(39)43)38-20-12-24-46-48(38)40-30-34(26-28-45(40)57-46)55-41-21-9-7-17-35(41)36-18-8-10-22-42(36)55/h1-30,49,51,53H,(H,52,54). The number of fused-ring (bicyclic) bond motifs is 9. The maximum atomic E-state index is 6.71. The van der Waals surface area contributed by atoms with Crippen LogP contribution in [0.25, 0.3) is 80.7 Å². The molecule has 0 bridgehead atoms. The molecule has 270 valence electrons. The van der Waals surface area contributed by atoms with E-state index >= 15 is 0 Å². The summed E-state index contributed by atoms with van der Waals surface area (Å²) in [5.74, 6) is 0.859. The molecule has 2 atom stereocenters. The summed E-state index contributed by atoms with van der Waals surface area (Å²) in [6.45, 7) is 0. The second kappa shape index (κ2) is 12.8. The zero-order valence-electron chi connectivity index (χ0n) is 30.7. The van der Waals surface area contributed by atoms with Gasteiger partial charge in [0.05, 0.1) is 11.0 Å². The van der Waals surface area contributed by atoms with Crippen LogP contribution in [0, 0.1) is 0 Å². The number of rotatable bonds is 5. The molecule has 12 rings (SSSR count). The smallest absolute Gasteiger partial charge is 0.136 e. The number of hydrogen-bond donors (Lipinski definition) is 2. The molecule has 2 unspecified atom stereocenters. The van der Waals surface area contributed by atoms with Gasteiger partial charge in [0, 0.05) is 53.0 Å². The summed E-state index contributed by atoms with van der Waals surface area (Å²) in [5.41, 5.74) is 10.9. The highest BCUT2D eigenvalue weighted by atomic mass is 32.1. The van der Waals surface area contributed by atoms with E-state index < -0.39 is 0 Å². The highest BCUT2D eigenvalue weighted by Crippen LogP contribution is 2.45. The first-order valence-corrected chi connectivity index (χ1v) is 20.2. The average molecular weight is 751 g/mol. The van der Waals surface area contributed by atoms with Gasteiger partial charge in [-0.3, -0.25) is 5.32 Å². The number of aromatic nitrogens is 1. The number of para-hydroxylation sites is 2. The van der Waals surface area contributed by atoms with Crippen molar-refractivity contribution in [2.75, 3.05) is 0 Å². The van der Waals surface area contributed by atoms with E-state index in [1.54, 1.807) is 0 Å². The second-order valence-electron chi connectivity index (χ2n) is 14.8. The minimum Gasteiger partial charge on any atom is -0.456 e. The van der Waals surface area contributed by atoms with Gasteiger partial charge in [0.25, 0.3) is 0 Å². The first kappa shape index (κ1) is 32.3. The van der Waals surface area contributed by atoms with Crippen LogP contribution in [0.4, 0.5) is 0 Å². The van der Waals surface area contributed by atoms with Crippen molar-refractivity contribution in [3.05, 3.63) is 199 Å². The second-order valence-corrected chi connectivity index (χ2v) is 15.9. The van der Waals surface area contributed by atoms with E-state index in [1.807, 2.05) is 23.5 Å². The molecule has 0 saturated heterocycles. The van der Waals surface area contributed by atoms with Crippen LogP contribution < -0.4 is 10.6 Å². The fourth-order valence-corrected chi connectivity index (χ4v) is 10.0. The van der Waals surface area contributed by atoms with Crippen LogP contribution >= 0.6 is 11.3 Å². The van der Waals surface area contributed by atoms with Gasteiger partial charge in [0.2, 0.25) is 0 Å². The molecule has 0 saturated carbocycles. The molecule has 11 aromatic rings. The van der Waals surface area contributed by atoms with Gasteiger partial charge < -0.3 is 14.3 Å². The van der Waals surface area contributed by atoms with Gasteiger partial charge in [-0.25, -0.2) is 4.99 Å². The van der Waals surface area contributed by atoms with Crippen molar-refractivity contribution in [1.82, 2.24) is 15.2 Å². The van der Waals surface area contributed by atoms with Gasteiger partial charge in [-0.15, -0.1) is 11.3 Å². The Morgan fingerprint density at radius 2 is 1.21 bits per heavy atom. The third kappa shape index (κ3) is 5.15. The van der Waals surface area contributed by atoms with Crippen molar-refractivity contribution in [2.24, 2.45) is 4.99 Å². The zero-order chi connectivity index (χ0) is 37.5. The maximum absolute atomic E-state index is 6.71. The van der Waals surface area contributed by atoms with E-state index in [-0.39, 0.29) is 12.3 Å². The molecule has 0 spiro atoms. The molecule has 5 nitrogen and oxygen atoms in total. The largest absolute Gasteiger partial charge is 0.456 e. The monoisotopic (exact) mass is 750 g/mol. The molecule has 8 aromatic carbocycles. The molecule has 57 heavy (non-hydrogen) atoms. The lowest BCUT2D eigenvalue weighted by Crippen LogP contribution is -2.44. The molecule has 4 heterocycles. The SMILES string of the molecule is c1ccc(C2=NC(c3ccc4c(c3)oc3cccc(-c5cccc6sc7ccc(-n8c9ccccc9c9ccccc98)cc7c56)c34)NC(c3ccccc3)N2)cc1. The van der Waals surface area contributed by atoms with Crippen LogP contribution in [-0.4, -0.2) is 10.4 Å². The van der Waals surface area contributed by atoms with Crippen LogP contribution in [0.1, 0.15) is 29.0 Å². The fraction of sp³-hybridized carbons (Fsp3) is 0.0392. The topological polar surface area (TPSA) is 54.5 Å². The van der Waals surface area contributed by atoms with Crippen LogP contribution in [-0.2, 0) is 0 Å². The highest BCUT2D eigenvalue weighted by Gasteiger charge is 2.26. The van der Waals surface area contributed by atoms with E-state index in [1.165, 1.54) is 53.1 Å². The van der Waals surface area contributed by atoms with Crippen molar-refractivity contribution >= 4 is 81.1 Å². The van der Waals surface area contributed by atoms with Gasteiger partial charge in [0.15, 0.2) is 0 Å². The Balaban J connectivity index is 1.00. The van der Waals surface area contributed by atoms with Gasteiger partial charge in [-0.05, 0) is 70.8 Å². The number of nitrogens with zero attached hydrogens (tertiary/aromatic N) is 2. The molecule has 3 aromatic heterocycles. The van der Waals surface area contributed by atoms with Crippen LogP contribution in [0.15, 0.2) is 191 Å². The Bertz CT molecular complexity index is 3320. The molecule has 0 amide bonds. The summed E-state index contributed by atoms with van der Waals surface area (Å²) in [7, 11) is 0. The lowest BCUT2D eigenvalue weighted by molar-refractivity contribution is 0.409. The predicted octanol–water partition coefficient (Wildman–Crippen LogP) is 13.1. The molecule has 0 radical (unpaired) electrons. The number of thiophene rings is 1. The number of hydrogen-bond acceptors (Lipinski definition) is 5. The van der Waals surface area contributed by atoms with Gasteiger partial charge in [0.1, 0.15) is 29.3 Å². The fourth-order valence-electron chi connectivity index (χ4n) is 8.91. The summed E-state index contributed by atoms with van der Waals surface area (Å²) < 4.78 is 11.7. The van der Waals surface area contributed by atoms with E-state index in [0.29, 0.717) is 0 Å². The summed E-state index contributed by atoms with van der Waals surface area (Å²) in [5, 5.41) is 14.7. The van der Waals surface area contributed by atoms with E-state index in [2.05, 4.69) is 185 Å². The van der Waals surface area contributed by atoms with Crippen LogP contribution in [0.5, 0.6) is 0 Å². The quantitative estimate of drug-likeness (QED) is 0.184. The molecule has 1 aliphatic rings. The summed E-state index contributed by atoms with van der Waals surface area (Å²) in [6, 6.07) is 64.9. The molecule has 0 fully saturated rings. The van der Waals surface area contributed by atoms with Crippen molar-refractivity contribution in [1.29, 1.82) is 0 Å². The van der Waals surface area contributed by atoms with Crippen molar-refractivity contribution in [3.63, 3.8) is 0 Å².